The maximum absolute atomic E-state index is 9.36. The van der Waals surface area contributed by atoms with E-state index in [9.17, 15) is 10.2 Å². The molecule has 0 aromatic rings. The fourth-order valence-electron chi connectivity index (χ4n) is 2.16. The molecule has 3 N–H and O–H groups in total. The summed E-state index contributed by atoms with van der Waals surface area (Å²) >= 11 is 0. The molecule has 0 saturated heterocycles. The highest BCUT2D eigenvalue weighted by atomic mass is 16.3. The molecule has 0 spiro atoms. The van der Waals surface area contributed by atoms with Gasteiger partial charge < -0.3 is 15.5 Å². The van der Waals surface area contributed by atoms with E-state index in [0.717, 1.165) is 25.8 Å². The van der Waals surface area contributed by atoms with Gasteiger partial charge in [0.1, 0.15) is 0 Å². The number of aliphatic hydroxyl groups is 2. The third-order valence-corrected chi connectivity index (χ3v) is 3.35. The monoisotopic (exact) mass is 201 g/mol. The van der Waals surface area contributed by atoms with Gasteiger partial charge in [-0.05, 0) is 19.3 Å². The van der Waals surface area contributed by atoms with Gasteiger partial charge in [-0.25, -0.2) is 0 Å². The van der Waals surface area contributed by atoms with Crippen molar-refractivity contribution >= 4 is 0 Å². The van der Waals surface area contributed by atoms with Crippen molar-refractivity contribution < 1.29 is 10.2 Å². The van der Waals surface area contributed by atoms with Crippen molar-refractivity contribution in [2.24, 2.45) is 5.41 Å². The third-order valence-electron chi connectivity index (χ3n) is 3.35. The van der Waals surface area contributed by atoms with Crippen molar-refractivity contribution in [3.05, 3.63) is 0 Å². The fourth-order valence-corrected chi connectivity index (χ4v) is 2.16. The Morgan fingerprint density at radius 3 is 2.50 bits per heavy atom. The lowest BCUT2D eigenvalue weighted by Gasteiger charge is -2.27. The molecule has 3 nitrogen and oxygen atoms in total. The topological polar surface area (TPSA) is 52.5 Å². The molecular weight excluding hydrogens is 178 g/mol. The first-order valence-corrected chi connectivity index (χ1v) is 5.72. The lowest BCUT2D eigenvalue weighted by atomic mass is 9.87. The molecule has 0 bridgehead atoms. The quantitative estimate of drug-likeness (QED) is 0.598. The van der Waals surface area contributed by atoms with Crippen LogP contribution in [-0.2, 0) is 0 Å². The van der Waals surface area contributed by atoms with Crippen LogP contribution in [0.4, 0.5) is 0 Å². The summed E-state index contributed by atoms with van der Waals surface area (Å²) in [5.74, 6) is 0. The van der Waals surface area contributed by atoms with Gasteiger partial charge in [0.2, 0.25) is 0 Å². The van der Waals surface area contributed by atoms with E-state index in [0.29, 0.717) is 6.54 Å². The lowest BCUT2D eigenvalue weighted by molar-refractivity contribution is 0.116. The van der Waals surface area contributed by atoms with Gasteiger partial charge >= 0.3 is 0 Å². The van der Waals surface area contributed by atoms with E-state index >= 15 is 0 Å². The molecular formula is C11H23NO2. The highest BCUT2D eigenvalue weighted by Crippen LogP contribution is 2.36. The van der Waals surface area contributed by atoms with Crippen LogP contribution in [0, 0.1) is 5.41 Å². The van der Waals surface area contributed by atoms with E-state index in [1.54, 1.807) is 0 Å². The second-order valence-corrected chi connectivity index (χ2v) is 4.56. The standard InChI is InChI=1S/C11H23NO2/c1-2-10(14)7-12-8-11(9-13)5-3-4-6-11/h10,12-14H,2-9H2,1H3. The predicted octanol–water partition coefficient (Wildman–Crippen LogP) is 0.900. The molecule has 0 radical (unpaired) electrons. The van der Waals surface area contributed by atoms with E-state index in [2.05, 4.69) is 5.32 Å². The minimum absolute atomic E-state index is 0.105. The van der Waals surface area contributed by atoms with Crippen molar-refractivity contribution in [2.45, 2.75) is 45.1 Å². The molecule has 1 rings (SSSR count). The molecule has 1 fully saturated rings. The molecule has 0 heterocycles. The Hall–Kier alpha value is -0.120. The van der Waals surface area contributed by atoms with Gasteiger partial charge in [0, 0.05) is 25.1 Å². The smallest absolute Gasteiger partial charge is 0.0662 e. The molecule has 1 aliphatic rings. The zero-order chi connectivity index (χ0) is 10.4. The van der Waals surface area contributed by atoms with Crippen molar-refractivity contribution in [1.29, 1.82) is 0 Å². The largest absolute Gasteiger partial charge is 0.396 e. The summed E-state index contributed by atoms with van der Waals surface area (Å²) in [6.07, 6.45) is 5.26. The van der Waals surface area contributed by atoms with Gasteiger partial charge in [-0.2, -0.15) is 0 Å². The summed E-state index contributed by atoms with van der Waals surface area (Å²) in [6, 6.07) is 0. The minimum atomic E-state index is -0.243. The fraction of sp³-hybridized carbons (Fsp3) is 1.00. The van der Waals surface area contributed by atoms with Gasteiger partial charge in [0.05, 0.1) is 6.10 Å². The number of aliphatic hydroxyl groups excluding tert-OH is 2. The average molecular weight is 201 g/mol. The zero-order valence-electron chi connectivity index (χ0n) is 9.13. The molecule has 1 atom stereocenters. The lowest BCUT2D eigenvalue weighted by Crippen LogP contribution is -2.38. The first kappa shape index (κ1) is 12.0. The summed E-state index contributed by atoms with van der Waals surface area (Å²) < 4.78 is 0. The minimum Gasteiger partial charge on any atom is -0.396 e. The van der Waals surface area contributed by atoms with Crippen molar-refractivity contribution in [2.75, 3.05) is 19.7 Å². The Bertz CT molecular complexity index is 155. The summed E-state index contributed by atoms with van der Waals surface area (Å²) in [4.78, 5) is 0. The molecule has 0 aliphatic heterocycles. The van der Waals surface area contributed by atoms with E-state index in [-0.39, 0.29) is 18.1 Å². The molecule has 0 aromatic heterocycles. The summed E-state index contributed by atoms with van der Waals surface area (Å²) in [5, 5.41) is 22.0. The van der Waals surface area contributed by atoms with Crippen molar-refractivity contribution in [3.8, 4) is 0 Å². The first-order valence-electron chi connectivity index (χ1n) is 5.72. The van der Waals surface area contributed by atoms with E-state index < -0.39 is 0 Å². The van der Waals surface area contributed by atoms with Crippen LogP contribution >= 0.6 is 0 Å². The van der Waals surface area contributed by atoms with Gasteiger partial charge in [0.15, 0.2) is 0 Å². The molecule has 14 heavy (non-hydrogen) atoms. The van der Waals surface area contributed by atoms with E-state index in [1.165, 1.54) is 12.8 Å². The molecule has 84 valence electrons. The van der Waals surface area contributed by atoms with Crippen LogP contribution in [0.25, 0.3) is 0 Å². The van der Waals surface area contributed by atoms with Gasteiger partial charge in [0.25, 0.3) is 0 Å². The summed E-state index contributed by atoms with van der Waals surface area (Å²) in [7, 11) is 0. The van der Waals surface area contributed by atoms with Gasteiger partial charge in [-0.1, -0.05) is 19.8 Å². The molecule has 1 saturated carbocycles. The normalized spacial score (nSPS) is 22.5. The van der Waals surface area contributed by atoms with Crippen LogP contribution < -0.4 is 5.32 Å². The Morgan fingerprint density at radius 1 is 1.36 bits per heavy atom. The number of rotatable bonds is 6. The van der Waals surface area contributed by atoms with E-state index in [1.807, 2.05) is 6.92 Å². The number of hydrogen-bond donors (Lipinski definition) is 3. The highest BCUT2D eigenvalue weighted by molar-refractivity contribution is 4.86. The van der Waals surface area contributed by atoms with Gasteiger partial charge in [-0.15, -0.1) is 0 Å². The zero-order valence-corrected chi connectivity index (χ0v) is 9.13. The van der Waals surface area contributed by atoms with Crippen LogP contribution in [0.15, 0.2) is 0 Å². The Kier molecular flexibility index (Phi) is 4.85. The molecule has 0 amide bonds. The second kappa shape index (κ2) is 5.69. The average Bonchev–Trinajstić information content (AvgIpc) is 2.67. The Balaban J connectivity index is 2.21. The molecule has 1 aliphatic carbocycles. The highest BCUT2D eigenvalue weighted by Gasteiger charge is 2.32. The summed E-state index contributed by atoms with van der Waals surface area (Å²) in [6.45, 7) is 3.75. The third kappa shape index (κ3) is 3.23. The van der Waals surface area contributed by atoms with Crippen LogP contribution in [0.2, 0.25) is 0 Å². The number of nitrogens with one attached hydrogen (secondary N) is 1. The van der Waals surface area contributed by atoms with Crippen LogP contribution in [0.3, 0.4) is 0 Å². The SMILES string of the molecule is CCC(O)CNCC1(CO)CCCC1. The Morgan fingerprint density at radius 2 is 2.00 bits per heavy atom. The van der Waals surface area contributed by atoms with Crippen molar-refractivity contribution in [1.82, 2.24) is 5.32 Å². The second-order valence-electron chi connectivity index (χ2n) is 4.56. The molecule has 3 heteroatoms. The summed E-state index contributed by atoms with van der Waals surface area (Å²) in [5.41, 5.74) is 0.105. The maximum atomic E-state index is 9.36. The van der Waals surface area contributed by atoms with Crippen molar-refractivity contribution in [3.63, 3.8) is 0 Å². The number of hydrogen-bond acceptors (Lipinski definition) is 3. The van der Waals surface area contributed by atoms with Gasteiger partial charge in [-0.3, -0.25) is 0 Å². The molecule has 0 aromatic carbocycles. The Labute approximate surface area is 86.5 Å². The predicted molar refractivity (Wildman–Crippen MR) is 57.2 cm³/mol. The van der Waals surface area contributed by atoms with Crippen LogP contribution in [-0.4, -0.2) is 36.0 Å². The van der Waals surface area contributed by atoms with Crippen LogP contribution in [0.1, 0.15) is 39.0 Å². The van der Waals surface area contributed by atoms with E-state index in [4.69, 9.17) is 0 Å². The maximum Gasteiger partial charge on any atom is 0.0662 e. The van der Waals surface area contributed by atoms with Crippen LogP contribution in [0.5, 0.6) is 0 Å². The molecule has 1 unspecified atom stereocenters. The first-order chi connectivity index (χ1) is 6.72.